The van der Waals surface area contributed by atoms with Crippen molar-refractivity contribution in [2.24, 2.45) is 0 Å². The van der Waals surface area contributed by atoms with Crippen LogP contribution in [0.25, 0.3) is 0 Å². The van der Waals surface area contributed by atoms with E-state index in [0.29, 0.717) is 0 Å². The topological polar surface area (TPSA) is 20.2 Å². The minimum atomic E-state index is 0.135. The Morgan fingerprint density at radius 2 is 1.71 bits per heavy atom. The molecule has 0 saturated carbocycles. The Morgan fingerprint density at radius 1 is 1.14 bits per heavy atom. The van der Waals surface area contributed by atoms with Gasteiger partial charge in [-0.2, -0.15) is 0 Å². The zero-order valence-corrected chi connectivity index (χ0v) is 9.68. The Labute approximate surface area is 90.5 Å². The molecule has 0 bridgehead atoms. The second-order valence-electron chi connectivity index (χ2n) is 3.36. The molecule has 1 nitrogen and oxygen atoms in total. The molecule has 0 radical (unpaired) electrons. The minimum Gasteiger partial charge on any atom is -0.392 e. The standard InChI is InChI=1S/C12H18OS/c1-3-11(4-2)14-12-7-5-10(9-13)6-8-12/h5-8,11,13H,3-4,9H2,1-2H3. The summed E-state index contributed by atoms with van der Waals surface area (Å²) in [7, 11) is 0. The van der Waals surface area contributed by atoms with Crippen LogP contribution in [-0.2, 0) is 6.61 Å². The lowest BCUT2D eigenvalue weighted by atomic mass is 10.2. The van der Waals surface area contributed by atoms with Gasteiger partial charge in [0, 0.05) is 10.1 Å². The maximum Gasteiger partial charge on any atom is 0.0681 e. The summed E-state index contributed by atoms with van der Waals surface area (Å²) in [6.45, 7) is 4.59. The lowest BCUT2D eigenvalue weighted by molar-refractivity contribution is 0.282. The van der Waals surface area contributed by atoms with E-state index >= 15 is 0 Å². The van der Waals surface area contributed by atoms with Crippen molar-refractivity contribution in [2.45, 2.75) is 43.4 Å². The van der Waals surface area contributed by atoms with Gasteiger partial charge in [0.2, 0.25) is 0 Å². The van der Waals surface area contributed by atoms with Crippen molar-refractivity contribution in [1.29, 1.82) is 0 Å². The molecule has 0 aliphatic heterocycles. The molecule has 1 aromatic carbocycles. The van der Waals surface area contributed by atoms with E-state index in [9.17, 15) is 0 Å². The number of hydrogen-bond donors (Lipinski definition) is 1. The van der Waals surface area contributed by atoms with E-state index in [0.717, 1.165) is 10.8 Å². The van der Waals surface area contributed by atoms with E-state index in [1.807, 2.05) is 23.9 Å². The molecule has 0 spiro atoms. The molecule has 14 heavy (non-hydrogen) atoms. The Balaban J connectivity index is 2.58. The highest BCUT2D eigenvalue weighted by Crippen LogP contribution is 2.27. The summed E-state index contributed by atoms with van der Waals surface area (Å²) in [6.07, 6.45) is 2.42. The molecule has 0 amide bonds. The van der Waals surface area contributed by atoms with Gasteiger partial charge in [0.05, 0.1) is 6.61 Å². The van der Waals surface area contributed by atoms with Crippen LogP contribution in [0.4, 0.5) is 0 Å². The summed E-state index contributed by atoms with van der Waals surface area (Å²) < 4.78 is 0. The summed E-state index contributed by atoms with van der Waals surface area (Å²) in [6, 6.07) is 8.17. The highest BCUT2D eigenvalue weighted by molar-refractivity contribution is 8.00. The van der Waals surface area contributed by atoms with Gasteiger partial charge < -0.3 is 5.11 Å². The van der Waals surface area contributed by atoms with Crippen LogP contribution >= 0.6 is 11.8 Å². The smallest absolute Gasteiger partial charge is 0.0681 e. The number of thioether (sulfide) groups is 1. The van der Waals surface area contributed by atoms with Crippen molar-refractivity contribution >= 4 is 11.8 Å². The molecule has 1 rings (SSSR count). The molecule has 0 aromatic heterocycles. The van der Waals surface area contributed by atoms with Gasteiger partial charge in [-0.15, -0.1) is 11.8 Å². The zero-order valence-electron chi connectivity index (χ0n) is 8.86. The second kappa shape index (κ2) is 6.10. The quantitative estimate of drug-likeness (QED) is 0.751. The number of hydrogen-bond acceptors (Lipinski definition) is 2. The van der Waals surface area contributed by atoms with Gasteiger partial charge in [0.1, 0.15) is 0 Å². The summed E-state index contributed by atoms with van der Waals surface area (Å²) in [5.74, 6) is 0. The van der Waals surface area contributed by atoms with Crippen LogP contribution < -0.4 is 0 Å². The molecular weight excluding hydrogens is 192 g/mol. The number of rotatable bonds is 5. The van der Waals surface area contributed by atoms with E-state index in [2.05, 4.69) is 26.0 Å². The zero-order chi connectivity index (χ0) is 10.4. The maximum absolute atomic E-state index is 8.90. The van der Waals surface area contributed by atoms with Crippen LogP contribution in [0.15, 0.2) is 29.2 Å². The van der Waals surface area contributed by atoms with E-state index in [4.69, 9.17) is 5.11 Å². The molecule has 1 N–H and O–H groups in total. The molecule has 2 heteroatoms. The third-order valence-electron chi connectivity index (χ3n) is 2.32. The average molecular weight is 210 g/mol. The summed E-state index contributed by atoms with van der Waals surface area (Å²) >= 11 is 1.93. The Morgan fingerprint density at radius 3 is 2.14 bits per heavy atom. The lowest BCUT2D eigenvalue weighted by Gasteiger charge is -2.11. The fraction of sp³-hybridized carbons (Fsp3) is 0.500. The van der Waals surface area contributed by atoms with Crippen LogP contribution in [0.5, 0.6) is 0 Å². The van der Waals surface area contributed by atoms with Crippen LogP contribution in [0.2, 0.25) is 0 Å². The number of benzene rings is 1. The van der Waals surface area contributed by atoms with Crippen molar-refractivity contribution < 1.29 is 5.11 Å². The molecule has 0 aliphatic rings. The highest BCUT2D eigenvalue weighted by atomic mass is 32.2. The third kappa shape index (κ3) is 3.35. The van der Waals surface area contributed by atoms with Crippen molar-refractivity contribution in [3.63, 3.8) is 0 Å². The minimum absolute atomic E-state index is 0.135. The van der Waals surface area contributed by atoms with Crippen molar-refractivity contribution in [1.82, 2.24) is 0 Å². The van der Waals surface area contributed by atoms with Gasteiger partial charge in [0.25, 0.3) is 0 Å². The van der Waals surface area contributed by atoms with Crippen molar-refractivity contribution in [3.05, 3.63) is 29.8 Å². The predicted molar refractivity (Wildman–Crippen MR) is 62.6 cm³/mol. The first-order chi connectivity index (χ1) is 6.80. The molecule has 0 aliphatic carbocycles. The molecule has 0 unspecified atom stereocenters. The van der Waals surface area contributed by atoms with Gasteiger partial charge in [-0.1, -0.05) is 26.0 Å². The third-order valence-corrected chi connectivity index (χ3v) is 3.86. The molecule has 0 fully saturated rings. The van der Waals surface area contributed by atoms with Gasteiger partial charge in [0.15, 0.2) is 0 Å². The summed E-state index contributed by atoms with van der Waals surface area (Å²) in [5.41, 5.74) is 0.985. The van der Waals surface area contributed by atoms with Crippen LogP contribution in [0.1, 0.15) is 32.3 Å². The van der Waals surface area contributed by atoms with Gasteiger partial charge >= 0.3 is 0 Å². The van der Waals surface area contributed by atoms with E-state index in [-0.39, 0.29) is 6.61 Å². The molecule has 0 saturated heterocycles. The lowest BCUT2D eigenvalue weighted by Crippen LogP contribution is -1.97. The molecule has 78 valence electrons. The van der Waals surface area contributed by atoms with Gasteiger partial charge in [-0.05, 0) is 30.5 Å². The first kappa shape index (κ1) is 11.6. The largest absolute Gasteiger partial charge is 0.392 e. The van der Waals surface area contributed by atoms with E-state index in [1.165, 1.54) is 17.7 Å². The van der Waals surface area contributed by atoms with Crippen molar-refractivity contribution in [2.75, 3.05) is 0 Å². The SMILES string of the molecule is CCC(CC)Sc1ccc(CO)cc1. The fourth-order valence-electron chi connectivity index (χ4n) is 1.32. The summed E-state index contributed by atoms with van der Waals surface area (Å²) in [5, 5.41) is 9.61. The molecule has 0 atom stereocenters. The fourth-order valence-corrected chi connectivity index (χ4v) is 2.33. The highest BCUT2D eigenvalue weighted by Gasteiger charge is 2.04. The average Bonchev–Trinajstić information content (AvgIpc) is 2.26. The van der Waals surface area contributed by atoms with Crippen LogP contribution in [0.3, 0.4) is 0 Å². The Bertz CT molecular complexity index is 252. The Hall–Kier alpha value is -0.470. The monoisotopic (exact) mass is 210 g/mol. The van der Waals surface area contributed by atoms with Crippen LogP contribution in [-0.4, -0.2) is 10.4 Å². The van der Waals surface area contributed by atoms with E-state index < -0.39 is 0 Å². The normalized spacial score (nSPS) is 10.9. The second-order valence-corrected chi connectivity index (χ2v) is 4.73. The summed E-state index contributed by atoms with van der Waals surface area (Å²) in [4.78, 5) is 1.30. The van der Waals surface area contributed by atoms with Crippen molar-refractivity contribution in [3.8, 4) is 0 Å². The molecule has 0 heterocycles. The maximum atomic E-state index is 8.90. The van der Waals surface area contributed by atoms with Gasteiger partial charge in [-0.3, -0.25) is 0 Å². The number of aliphatic hydroxyl groups excluding tert-OH is 1. The van der Waals surface area contributed by atoms with Gasteiger partial charge in [-0.25, -0.2) is 0 Å². The first-order valence-corrected chi connectivity index (χ1v) is 6.04. The number of aliphatic hydroxyl groups is 1. The molecule has 1 aromatic rings. The molecular formula is C12H18OS. The predicted octanol–water partition coefficient (Wildman–Crippen LogP) is 3.46. The Kier molecular flexibility index (Phi) is 5.05. The first-order valence-electron chi connectivity index (χ1n) is 5.16. The van der Waals surface area contributed by atoms with Crippen LogP contribution in [0, 0.1) is 0 Å². The van der Waals surface area contributed by atoms with E-state index in [1.54, 1.807) is 0 Å².